The summed E-state index contributed by atoms with van der Waals surface area (Å²) in [5, 5.41) is 9.51. The Morgan fingerprint density at radius 2 is 1.89 bits per heavy atom. The van der Waals surface area contributed by atoms with Gasteiger partial charge in [-0.25, -0.2) is 8.42 Å². The highest BCUT2D eigenvalue weighted by molar-refractivity contribution is 7.90. The predicted octanol–water partition coefficient (Wildman–Crippen LogP) is 1.24. The van der Waals surface area contributed by atoms with E-state index in [1.807, 2.05) is 4.90 Å². The van der Waals surface area contributed by atoms with Crippen molar-refractivity contribution >= 4 is 15.8 Å². The zero-order valence-electron chi connectivity index (χ0n) is 12.1. The Morgan fingerprint density at radius 1 is 1.37 bits per heavy atom. The standard InChI is InChI=1S/C13H25NO4S/c1-11-4-6-13(7-5-11,12(15)16)10-14(2)8-9-19(3,17)18/h11H,4-10H2,1-3H3,(H,15,16). The molecular weight excluding hydrogens is 266 g/mol. The number of aliphatic carboxylic acids is 1. The molecule has 0 aromatic heterocycles. The molecule has 5 nitrogen and oxygen atoms in total. The monoisotopic (exact) mass is 291 g/mol. The second kappa shape index (κ2) is 6.22. The van der Waals surface area contributed by atoms with Crippen LogP contribution in [-0.2, 0) is 14.6 Å². The molecule has 1 fully saturated rings. The lowest BCUT2D eigenvalue weighted by atomic mass is 9.70. The van der Waals surface area contributed by atoms with Crippen LogP contribution in [0, 0.1) is 11.3 Å². The van der Waals surface area contributed by atoms with Crippen molar-refractivity contribution in [2.24, 2.45) is 11.3 Å². The van der Waals surface area contributed by atoms with Gasteiger partial charge in [0.1, 0.15) is 9.84 Å². The molecule has 1 aliphatic carbocycles. The van der Waals surface area contributed by atoms with E-state index in [9.17, 15) is 18.3 Å². The number of carboxylic acid groups (broad SMARTS) is 1. The molecule has 1 N–H and O–H groups in total. The lowest BCUT2D eigenvalue weighted by molar-refractivity contribution is -0.152. The molecule has 0 heterocycles. The second-order valence-electron chi connectivity index (χ2n) is 6.14. The Bertz CT molecular complexity index is 410. The van der Waals surface area contributed by atoms with Crippen LogP contribution >= 0.6 is 0 Å². The average Bonchev–Trinajstić information content (AvgIpc) is 2.29. The Hall–Kier alpha value is -0.620. The van der Waals surface area contributed by atoms with Crippen LogP contribution in [0.15, 0.2) is 0 Å². The van der Waals surface area contributed by atoms with Crippen LogP contribution in [0.25, 0.3) is 0 Å². The van der Waals surface area contributed by atoms with Crippen LogP contribution in [0.4, 0.5) is 0 Å². The Labute approximate surface area is 115 Å². The van der Waals surface area contributed by atoms with Gasteiger partial charge in [0.25, 0.3) is 0 Å². The van der Waals surface area contributed by atoms with Gasteiger partial charge < -0.3 is 10.0 Å². The van der Waals surface area contributed by atoms with Gasteiger partial charge in [0.05, 0.1) is 11.2 Å². The number of rotatable bonds is 6. The van der Waals surface area contributed by atoms with Crippen molar-refractivity contribution in [1.29, 1.82) is 0 Å². The van der Waals surface area contributed by atoms with Gasteiger partial charge in [0.15, 0.2) is 0 Å². The molecule has 0 spiro atoms. The highest BCUT2D eigenvalue weighted by atomic mass is 32.2. The van der Waals surface area contributed by atoms with Gasteiger partial charge >= 0.3 is 5.97 Å². The SMILES string of the molecule is CC1CCC(CN(C)CCS(C)(=O)=O)(C(=O)O)CC1. The average molecular weight is 291 g/mol. The molecule has 0 saturated heterocycles. The number of carboxylic acids is 1. The summed E-state index contributed by atoms with van der Waals surface area (Å²) in [6.45, 7) is 2.98. The molecule has 112 valence electrons. The largest absolute Gasteiger partial charge is 0.481 e. The molecule has 0 radical (unpaired) electrons. The number of nitrogens with zero attached hydrogens (tertiary/aromatic N) is 1. The maximum absolute atomic E-state index is 11.6. The van der Waals surface area contributed by atoms with E-state index in [1.54, 1.807) is 7.05 Å². The third-order valence-corrected chi connectivity index (χ3v) is 5.03. The maximum atomic E-state index is 11.6. The van der Waals surface area contributed by atoms with Gasteiger partial charge in [-0.05, 0) is 38.6 Å². The van der Waals surface area contributed by atoms with Crippen LogP contribution in [-0.4, -0.2) is 56.5 Å². The molecule has 1 rings (SSSR count). The van der Waals surface area contributed by atoms with E-state index in [0.717, 1.165) is 12.8 Å². The van der Waals surface area contributed by atoms with Crippen molar-refractivity contribution in [2.45, 2.75) is 32.6 Å². The lowest BCUT2D eigenvalue weighted by Gasteiger charge is -2.38. The fraction of sp³-hybridized carbons (Fsp3) is 0.923. The smallest absolute Gasteiger partial charge is 0.310 e. The van der Waals surface area contributed by atoms with Crippen molar-refractivity contribution < 1.29 is 18.3 Å². The van der Waals surface area contributed by atoms with E-state index in [1.165, 1.54) is 6.26 Å². The van der Waals surface area contributed by atoms with Crippen molar-refractivity contribution in [3.05, 3.63) is 0 Å². The van der Waals surface area contributed by atoms with Gasteiger partial charge in [0.2, 0.25) is 0 Å². The van der Waals surface area contributed by atoms with Crippen LogP contribution in [0.3, 0.4) is 0 Å². The van der Waals surface area contributed by atoms with Crippen molar-refractivity contribution in [2.75, 3.05) is 32.1 Å². The summed E-state index contributed by atoms with van der Waals surface area (Å²) in [6.07, 6.45) is 4.45. The molecule has 0 atom stereocenters. The molecular formula is C13H25NO4S. The predicted molar refractivity (Wildman–Crippen MR) is 74.9 cm³/mol. The summed E-state index contributed by atoms with van der Waals surface area (Å²) in [5.41, 5.74) is -0.696. The van der Waals surface area contributed by atoms with Crippen molar-refractivity contribution in [1.82, 2.24) is 4.90 Å². The van der Waals surface area contributed by atoms with Gasteiger partial charge in [-0.2, -0.15) is 0 Å². The van der Waals surface area contributed by atoms with Crippen molar-refractivity contribution in [3.63, 3.8) is 0 Å². The Kier molecular flexibility index (Phi) is 5.38. The zero-order valence-corrected chi connectivity index (χ0v) is 12.9. The molecule has 19 heavy (non-hydrogen) atoms. The summed E-state index contributed by atoms with van der Waals surface area (Å²) in [5.74, 6) is -0.0744. The molecule has 0 aromatic carbocycles. The van der Waals surface area contributed by atoms with Gasteiger partial charge in [-0.1, -0.05) is 6.92 Å². The summed E-state index contributed by atoms with van der Waals surface area (Å²) in [4.78, 5) is 13.4. The lowest BCUT2D eigenvalue weighted by Crippen LogP contribution is -2.45. The Morgan fingerprint density at radius 3 is 2.32 bits per heavy atom. The second-order valence-corrected chi connectivity index (χ2v) is 8.40. The fourth-order valence-corrected chi connectivity index (χ4v) is 3.32. The minimum absolute atomic E-state index is 0.0790. The van der Waals surface area contributed by atoms with Crippen LogP contribution in [0.5, 0.6) is 0 Å². The van der Waals surface area contributed by atoms with E-state index >= 15 is 0 Å². The first-order valence-corrected chi connectivity index (χ1v) is 8.80. The molecule has 6 heteroatoms. The zero-order chi connectivity index (χ0) is 14.7. The van der Waals surface area contributed by atoms with Gasteiger partial charge in [-0.15, -0.1) is 0 Å². The fourth-order valence-electron chi connectivity index (χ4n) is 2.67. The number of sulfone groups is 1. The molecule has 0 aliphatic heterocycles. The Balaban J connectivity index is 2.61. The first-order chi connectivity index (χ1) is 8.65. The van der Waals surface area contributed by atoms with Gasteiger partial charge in [0, 0.05) is 19.3 Å². The van der Waals surface area contributed by atoms with Crippen LogP contribution in [0.1, 0.15) is 32.6 Å². The molecule has 0 unspecified atom stereocenters. The van der Waals surface area contributed by atoms with E-state index in [-0.39, 0.29) is 5.75 Å². The van der Waals surface area contributed by atoms with Gasteiger partial charge in [-0.3, -0.25) is 4.79 Å². The van der Waals surface area contributed by atoms with E-state index in [2.05, 4.69) is 6.92 Å². The number of hydrogen-bond acceptors (Lipinski definition) is 4. The third-order valence-electron chi connectivity index (χ3n) is 4.10. The molecule has 0 bridgehead atoms. The van der Waals surface area contributed by atoms with E-state index < -0.39 is 21.2 Å². The number of carbonyl (C=O) groups is 1. The normalized spacial score (nSPS) is 28.5. The summed E-state index contributed by atoms with van der Waals surface area (Å²) >= 11 is 0. The minimum Gasteiger partial charge on any atom is -0.481 e. The summed E-state index contributed by atoms with van der Waals surface area (Å²) < 4.78 is 22.3. The minimum atomic E-state index is -3.00. The molecule has 0 aromatic rings. The molecule has 1 aliphatic rings. The summed E-state index contributed by atoms with van der Waals surface area (Å²) in [7, 11) is -1.20. The third kappa shape index (κ3) is 5.10. The highest BCUT2D eigenvalue weighted by Gasteiger charge is 2.41. The quantitative estimate of drug-likeness (QED) is 0.797. The molecule has 1 saturated carbocycles. The molecule has 0 amide bonds. The highest BCUT2D eigenvalue weighted by Crippen LogP contribution is 2.39. The first-order valence-electron chi connectivity index (χ1n) is 6.74. The first kappa shape index (κ1) is 16.4. The van der Waals surface area contributed by atoms with E-state index in [4.69, 9.17) is 0 Å². The van der Waals surface area contributed by atoms with Crippen LogP contribution < -0.4 is 0 Å². The van der Waals surface area contributed by atoms with Crippen molar-refractivity contribution in [3.8, 4) is 0 Å². The topological polar surface area (TPSA) is 74.7 Å². The van der Waals surface area contributed by atoms with E-state index in [0.29, 0.717) is 31.8 Å². The summed E-state index contributed by atoms with van der Waals surface area (Å²) in [6, 6.07) is 0. The number of hydrogen-bond donors (Lipinski definition) is 1. The van der Waals surface area contributed by atoms with Crippen LogP contribution in [0.2, 0.25) is 0 Å². The maximum Gasteiger partial charge on any atom is 0.310 e.